The van der Waals surface area contributed by atoms with Crippen LogP contribution < -0.4 is 9.47 Å². The zero-order chi connectivity index (χ0) is 18.5. The van der Waals surface area contributed by atoms with Crippen molar-refractivity contribution in [2.24, 2.45) is 0 Å². The first-order chi connectivity index (χ1) is 12.6. The smallest absolute Gasteiger partial charge is 0.259 e. The van der Waals surface area contributed by atoms with Crippen LogP contribution >= 0.6 is 0 Å². The molecular formula is C19H19N3O4. The second kappa shape index (κ2) is 7.69. The number of hydrogen-bond donors (Lipinski definition) is 0. The summed E-state index contributed by atoms with van der Waals surface area (Å²) in [6.45, 7) is -0.0304. The molecule has 7 nitrogen and oxygen atoms in total. The summed E-state index contributed by atoms with van der Waals surface area (Å²) in [6, 6.07) is 14.6. The predicted molar refractivity (Wildman–Crippen MR) is 95.9 cm³/mol. The lowest BCUT2D eigenvalue weighted by atomic mass is 10.2. The maximum Gasteiger partial charge on any atom is 0.259 e. The Morgan fingerprint density at radius 2 is 1.85 bits per heavy atom. The third-order valence-corrected chi connectivity index (χ3v) is 3.72. The standard InChI is InChI=1S/C19H19N3O4/c1-22(2)17(23)12-25-16-6-4-5-14(11-16)19-20-18(21-26-19)13-7-9-15(24-3)10-8-13/h4-11H,12H2,1-3H3. The van der Waals surface area contributed by atoms with Crippen LogP contribution in [0.25, 0.3) is 22.8 Å². The largest absolute Gasteiger partial charge is 0.497 e. The van der Waals surface area contributed by atoms with Crippen molar-refractivity contribution in [2.45, 2.75) is 0 Å². The molecule has 134 valence electrons. The van der Waals surface area contributed by atoms with Crippen LogP contribution in [0.3, 0.4) is 0 Å². The summed E-state index contributed by atoms with van der Waals surface area (Å²) in [5, 5.41) is 4.02. The van der Waals surface area contributed by atoms with Gasteiger partial charge in [0.15, 0.2) is 6.61 Å². The molecule has 0 aliphatic heterocycles. The van der Waals surface area contributed by atoms with E-state index in [1.165, 1.54) is 4.90 Å². The molecule has 0 unspecified atom stereocenters. The van der Waals surface area contributed by atoms with E-state index in [4.69, 9.17) is 14.0 Å². The van der Waals surface area contributed by atoms with Crippen LogP contribution in [0.1, 0.15) is 0 Å². The van der Waals surface area contributed by atoms with Gasteiger partial charge in [0.05, 0.1) is 7.11 Å². The molecule has 2 aromatic carbocycles. The highest BCUT2D eigenvalue weighted by Crippen LogP contribution is 2.26. The van der Waals surface area contributed by atoms with Crippen LogP contribution in [0, 0.1) is 0 Å². The molecular weight excluding hydrogens is 334 g/mol. The van der Waals surface area contributed by atoms with Gasteiger partial charge in [0.2, 0.25) is 5.82 Å². The van der Waals surface area contributed by atoms with Gasteiger partial charge in [-0.05, 0) is 42.5 Å². The van der Waals surface area contributed by atoms with E-state index in [0.717, 1.165) is 11.3 Å². The molecule has 3 aromatic rings. The second-order valence-electron chi connectivity index (χ2n) is 5.76. The third-order valence-electron chi connectivity index (χ3n) is 3.72. The Bertz CT molecular complexity index is 888. The number of aromatic nitrogens is 2. The zero-order valence-corrected chi connectivity index (χ0v) is 14.8. The van der Waals surface area contributed by atoms with E-state index < -0.39 is 0 Å². The Labute approximate surface area is 151 Å². The Morgan fingerprint density at radius 3 is 2.54 bits per heavy atom. The number of hydrogen-bond acceptors (Lipinski definition) is 6. The molecule has 0 atom stereocenters. The maximum atomic E-state index is 11.6. The van der Waals surface area contributed by atoms with E-state index in [0.29, 0.717) is 23.0 Å². The summed E-state index contributed by atoms with van der Waals surface area (Å²) in [5.74, 6) is 2.06. The van der Waals surface area contributed by atoms with Gasteiger partial charge in [0.1, 0.15) is 11.5 Å². The minimum Gasteiger partial charge on any atom is -0.497 e. The molecule has 3 rings (SSSR count). The Kier molecular flexibility index (Phi) is 5.17. The van der Waals surface area contributed by atoms with Crippen molar-refractivity contribution >= 4 is 5.91 Å². The fourth-order valence-corrected chi connectivity index (χ4v) is 2.19. The van der Waals surface area contributed by atoms with Crippen molar-refractivity contribution < 1.29 is 18.8 Å². The summed E-state index contributed by atoms with van der Waals surface area (Å²) in [7, 11) is 4.98. The van der Waals surface area contributed by atoms with Gasteiger partial charge in [-0.3, -0.25) is 4.79 Å². The lowest BCUT2D eigenvalue weighted by molar-refractivity contribution is -0.130. The summed E-state index contributed by atoms with van der Waals surface area (Å²) in [4.78, 5) is 17.5. The number of nitrogens with zero attached hydrogens (tertiary/aromatic N) is 3. The van der Waals surface area contributed by atoms with Crippen LogP contribution in [-0.2, 0) is 4.79 Å². The Morgan fingerprint density at radius 1 is 1.08 bits per heavy atom. The first-order valence-corrected chi connectivity index (χ1v) is 7.98. The van der Waals surface area contributed by atoms with Crippen LogP contribution in [0.15, 0.2) is 53.1 Å². The monoisotopic (exact) mass is 353 g/mol. The van der Waals surface area contributed by atoms with Crippen molar-refractivity contribution in [1.29, 1.82) is 0 Å². The molecule has 0 radical (unpaired) electrons. The fourth-order valence-electron chi connectivity index (χ4n) is 2.19. The average Bonchev–Trinajstić information content (AvgIpc) is 3.16. The van der Waals surface area contributed by atoms with E-state index in [1.807, 2.05) is 36.4 Å². The SMILES string of the molecule is COc1ccc(-c2noc(-c3cccc(OCC(=O)N(C)C)c3)n2)cc1. The molecule has 0 N–H and O–H groups in total. The van der Waals surface area contributed by atoms with Crippen molar-refractivity contribution in [2.75, 3.05) is 27.8 Å². The van der Waals surface area contributed by atoms with E-state index >= 15 is 0 Å². The lowest BCUT2D eigenvalue weighted by Crippen LogP contribution is -2.27. The first-order valence-electron chi connectivity index (χ1n) is 7.98. The van der Waals surface area contributed by atoms with Crippen LogP contribution in [0.2, 0.25) is 0 Å². The van der Waals surface area contributed by atoms with E-state index in [9.17, 15) is 4.79 Å². The summed E-state index contributed by atoms with van der Waals surface area (Å²) in [5.41, 5.74) is 1.54. The van der Waals surface area contributed by atoms with E-state index in [-0.39, 0.29) is 12.5 Å². The highest BCUT2D eigenvalue weighted by atomic mass is 16.5. The Balaban J connectivity index is 1.76. The summed E-state index contributed by atoms with van der Waals surface area (Å²) in [6.07, 6.45) is 0. The van der Waals surface area contributed by atoms with Gasteiger partial charge < -0.3 is 18.9 Å². The molecule has 26 heavy (non-hydrogen) atoms. The molecule has 0 saturated heterocycles. The van der Waals surface area contributed by atoms with Gasteiger partial charge in [0.25, 0.3) is 11.8 Å². The maximum absolute atomic E-state index is 11.6. The predicted octanol–water partition coefficient (Wildman–Crippen LogP) is 2.88. The number of methoxy groups -OCH3 is 1. The van der Waals surface area contributed by atoms with Crippen molar-refractivity contribution in [3.8, 4) is 34.3 Å². The summed E-state index contributed by atoms with van der Waals surface area (Å²) >= 11 is 0. The van der Waals surface area contributed by atoms with Gasteiger partial charge in [-0.2, -0.15) is 4.98 Å². The van der Waals surface area contributed by atoms with E-state index in [2.05, 4.69) is 10.1 Å². The average molecular weight is 353 g/mol. The normalized spacial score (nSPS) is 10.4. The fraction of sp³-hybridized carbons (Fsp3) is 0.211. The van der Waals surface area contributed by atoms with Crippen molar-refractivity contribution in [3.05, 3.63) is 48.5 Å². The quantitative estimate of drug-likeness (QED) is 0.678. The van der Waals surface area contributed by atoms with Crippen LogP contribution in [0.5, 0.6) is 11.5 Å². The molecule has 0 aliphatic carbocycles. The van der Waals surface area contributed by atoms with Gasteiger partial charge in [-0.25, -0.2) is 0 Å². The number of likely N-dealkylation sites (N-methyl/N-ethyl adjacent to an activating group) is 1. The minimum absolute atomic E-state index is 0.0304. The molecule has 0 fully saturated rings. The molecule has 0 aliphatic rings. The first kappa shape index (κ1) is 17.5. The number of ether oxygens (including phenoxy) is 2. The molecule has 1 heterocycles. The highest BCUT2D eigenvalue weighted by molar-refractivity contribution is 5.77. The van der Waals surface area contributed by atoms with Gasteiger partial charge in [-0.1, -0.05) is 11.2 Å². The molecule has 7 heteroatoms. The molecule has 1 amide bonds. The minimum atomic E-state index is -0.116. The topological polar surface area (TPSA) is 77.7 Å². The van der Waals surface area contributed by atoms with Crippen molar-refractivity contribution in [3.63, 3.8) is 0 Å². The highest BCUT2D eigenvalue weighted by Gasteiger charge is 2.12. The number of rotatable bonds is 6. The molecule has 0 saturated carbocycles. The molecule has 1 aromatic heterocycles. The van der Waals surface area contributed by atoms with Gasteiger partial charge in [-0.15, -0.1) is 0 Å². The lowest BCUT2D eigenvalue weighted by Gasteiger charge is -2.11. The summed E-state index contributed by atoms with van der Waals surface area (Å²) < 4.78 is 16.0. The number of benzene rings is 2. The van der Waals surface area contributed by atoms with Gasteiger partial charge in [0, 0.05) is 25.2 Å². The van der Waals surface area contributed by atoms with Crippen LogP contribution in [-0.4, -0.2) is 48.8 Å². The van der Waals surface area contributed by atoms with Crippen LogP contribution in [0.4, 0.5) is 0 Å². The third kappa shape index (κ3) is 4.00. The molecule has 0 bridgehead atoms. The van der Waals surface area contributed by atoms with E-state index in [1.54, 1.807) is 33.3 Å². The number of carbonyl (C=O) groups excluding carboxylic acids is 1. The number of amides is 1. The van der Waals surface area contributed by atoms with Crippen molar-refractivity contribution in [1.82, 2.24) is 15.0 Å². The second-order valence-corrected chi connectivity index (χ2v) is 5.76. The zero-order valence-electron chi connectivity index (χ0n) is 14.8. The Hall–Kier alpha value is -3.35. The molecule has 0 spiro atoms. The van der Waals surface area contributed by atoms with Gasteiger partial charge >= 0.3 is 0 Å². The number of carbonyl (C=O) groups is 1.